The van der Waals surface area contributed by atoms with Gasteiger partial charge in [0.05, 0.1) is 0 Å². The van der Waals surface area contributed by atoms with Crippen molar-refractivity contribution < 1.29 is 19.7 Å². The maximum absolute atomic E-state index is 9.12. The number of para-hydroxylation sites is 1. The lowest BCUT2D eigenvalue weighted by Crippen LogP contribution is -2.04. The number of benzene rings is 2. The molecule has 24 heavy (non-hydrogen) atoms. The average molecular weight is 328 g/mol. The van der Waals surface area contributed by atoms with E-state index in [1.807, 2.05) is 30.3 Å². The van der Waals surface area contributed by atoms with Crippen molar-refractivity contribution in [3.8, 4) is 11.5 Å². The molecule has 4 nitrogen and oxygen atoms in total. The van der Waals surface area contributed by atoms with E-state index in [4.69, 9.17) is 19.7 Å². The van der Waals surface area contributed by atoms with Gasteiger partial charge in [0.2, 0.25) is 0 Å². The molecule has 0 aliphatic heterocycles. The Labute approximate surface area is 142 Å². The number of hydrogen-bond donors (Lipinski definition) is 2. The molecule has 0 heterocycles. The first-order valence-corrected chi connectivity index (χ1v) is 8.34. The van der Waals surface area contributed by atoms with Crippen LogP contribution >= 0.6 is 0 Å². The molecule has 0 saturated heterocycles. The largest absolute Gasteiger partial charge is 0.480 e. The van der Waals surface area contributed by atoms with Gasteiger partial charge in [-0.3, -0.25) is 0 Å². The summed E-state index contributed by atoms with van der Waals surface area (Å²) < 4.78 is 5.82. The summed E-state index contributed by atoms with van der Waals surface area (Å²) in [5.41, 5.74) is 1.47. The summed E-state index contributed by atoms with van der Waals surface area (Å²) in [6.45, 7) is -0.778. The van der Waals surface area contributed by atoms with Gasteiger partial charge in [0, 0.05) is 0 Å². The van der Waals surface area contributed by atoms with E-state index in [1.165, 1.54) is 37.7 Å². The van der Waals surface area contributed by atoms with E-state index in [1.54, 1.807) is 0 Å². The van der Waals surface area contributed by atoms with E-state index in [0.717, 1.165) is 17.4 Å². The molecule has 0 spiro atoms. The molecule has 0 radical (unpaired) electrons. The zero-order chi connectivity index (χ0) is 17.2. The Kier molecular flexibility index (Phi) is 7.30. The van der Waals surface area contributed by atoms with Crippen molar-refractivity contribution in [2.75, 3.05) is 6.61 Å². The van der Waals surface area contributed by atoms with Crippen molar-refractivity contribution in [2.45, 2.75) is 38.0 Å². The van der Waals surface area contributed by atoms with Crippen molar-refractivity contribution in [3.05, 3.63) is 60.2 Å². The van der Waals surface area contributed by atoms with Crippen LogP contribution in [0.3, 0.4) is 0 Å². The van der Waals surface area contributed by atoms with Crippen molar-refractivity contribution in [3.63, 3.8) is 0 Å². The molecule has 128 valence electrons. The molecule has 2 aromatic rings. The Hall–Kier alpha value is -2.33. The molecule has 4 heteroatoms. The molecule has 2 aromatic carbocycles. The Morgan fingerprint density at radius 3 is 2.00 bits per heavy atom. The van der Waals surface area contributed by atoms with Gasteiger partial charge >= 0.3 is 5.97 Å². The fourth-order valence-electron chi connectivity index (χ4n) is 2.87. The third-order valence-electron chi connectivity index (χ3n) is 4.07. The summed E-state index contributed by atoms with van der Waals surface area (Å²) in [5.74, 6) is 1.39. The van der Waals surface area contributed by atoms with Gasteiger partial charge < -0.3 is 14.9 Å². The minimum Gasteiger partial charge on any atom is -0.480 e. The third kappa shape index (κ3) is 6.05. The minimum absolute atomic E-state index is 0.763. The van der Waals surface area contributed by atoms with E-state index in [0.29, 0.717) is 0 Å². The van der Waals surface area contributed by atoms with Gasteiger partial charge in [-0.25, -0.2) is 4.79 Å². The second-order valence-corrected chi connectivity index (χ2v) is 5.87. The monoisotopic (exact) mass is 328 g/mol. The zero-order valence-corrected chi connectivity index (χ0v) is 13.7. The summed E-state index contributed by atoms with van der Waals surface area (Å²) in [6.07, 6.45) is 6.86. The minimum atomic E-state index is -1.19. The van der Waals surface area contributed by atoms with Crippen molar-refractivity contribution >= 4 is 5.97 Å². The topological polar surface area (TPSA) is 66.8 Å². The molecule has 0 atom stereocenters. The lowest BCUT2D eigenvalue weighted by Gasteiger charge is -2.22. The molecule has 0 amide bonds. The first kappa shape index (κ1) is 18.0. The number of aliphatic hydroxyl groups is 1. The fraction of sp³-hybridized carbons (Fsp3) is 0.350. The molecule has 1 fully saturated rings. The highest BCUT2D eigenvalue weighted by Crippen LogP contribution is 2.33. The lowest BCUT2D eigenvalue weighted by molar-refractivity contribution is -0.140. The molecule has 2 N–H and O–H groups in total. The highest BCUT2D eigenvalue weighted by atomic mass is 16.5. The molecule has 3 rings (SSSR count). The van der Waals surface area contributed by atoms with E-state index in [2.05, 4.69) is 24.3 Å². The number of carbonyl (C=O) groups is 1. The Balaban J connectivity index is 0.000000368. The van der Waals surface area contributed by atoms with Crippen LogP contribution in [0.1, 0.15) is 43.6 Å². The number of hydrogen-bond acceptors (Lipinski definition) is 3. The van der Waals surface area contributed by atoms with Crippen LogP contribution < -0.4 is 4.74 Å². The molecule has 0 unspecified atom stereocenters. The van der Waals surface area contributed by atoms with E-state index >= 15 is 0 Å². The predicted molar refractivity (Wildman–Crippen MR) is 93.5 cm³/mol. The Bertz CT molecular complexity index is 601. The van der Waals surface area contributed by atoms with Gasteiger partial charge in [0.15, 0.2) is 0 Å². The van der Waals surface area contributed by atoms with Gasteiger partial charge in [-0.05, 0) is 48.6 Å². The smallest absolute Gasteiger partial charge is 0.329 e. The number of carboxylic acid groups (broad SMARTS) is 1. The summed E-state index contributed by atoms with van der Waals surface area (Å²) in [5, 5.41) is 15.0. The van der Waals surface area contributed by atoms with Crippen LogP contribution in [0, 0.1) is 0 Å². The maximum Gasteiger partial charge on any atom is 0.329 e. The maximum atomic E-state index is 9.12. The van der Waals surface area contributed by atoms with Gasteiger partial charge in [-0.1, -0.05) is 49.6 Å². The van der Waals surface area contributed by atoms with Crippen LogP contribution in [-0.4, -0.2) is 22.8 Å². The first-order valence-electron chi connectivity index (χ1n) is 8.34. The first-order chi connectivity index (χ1) is 11.7. The van der Waals surface area contributed by atoms with Crippen LogP contribution in [0.25, 0.3) is 0 Å². The molecular formula is C20H24O4. The standard InChI is InChI=1S/C18H20O.C2H4O3/c1-3-7-15(8-4-1)16-11-13-18(14-12-16)19-17-9-5-2-6-10-17;3-1-2(4)5/h2,5-6,9-15H,1,3-4,7-8H2;3H,1H2,(H,4,5). The van der Waals surface area contributed by atoms with Crippen LogP contribution in [-0.2, 0) is 4.79 Å². The molecule has 1 aliphatic rings. The zero-order valence-electron chi connectivity index (χ0n) is 13.7. The molecule has 0 bridgehead atoms. The highest BCUT2D eigenvalue weighted by Gasteiger charge is 2.15. The molecule has 0 aromatic heterocycles. The van der Waals surface area contributed by atoms with Gasteiger partial charge in [0.1, 0.15) is 18.1 Å². The number of carboxylic acids is 1. The highest BCUT2D eigenvalue weighted by molar-refractivity contribution is 5.67. The predicted octanol–water partition coefficient (Wildman–Crippen LogP) is 4.59. The number of ether oxygens (including phenoxy) is 1. The van der Waals surface area contributed by atoms with E-state index in [-0.39, 0.29) is 0 Å². The second kappa shape index (κ2) is 9.73. The summed E-state index contributed by atoms with van der Waals surface area (Å²) >= 11 is 0. The van der Waals surface area contributed by atoms with Crippen molar-refractivity contribution in [1.29, 1.82) is 0 Å². The molecular weight excluding hydrogens is 304 g/mol. The van der Waals surface area contributed by atoms with Crippen LogP contribution in [0.15, 0.2) is 54.6 Å². The fourth-order valence-corrected chi connectivity index (χ4v) is 2.87. The molecule has 1 aliphatic carbocycles. The second-order valence-electron chi connectivity index (χ2n) is 5.87. The normalized spacial score (nSPS) is 14.4. The molecule has 1 saturated carbocycles. The van der Waals surface area contributed by atoms with Crippen molar-refractivity contribution in [1.82, 2.24) is 0 Å². The van der Waals surface area contributed by atoms with Gasteiger partial charge in [-0.15, -0.1) is 0 Å². The SMILES string of the molecule is O=C(O)CO.c1ccc(Oc2ccc(C3CCCCC3)cc2)cc1. The average Bonchev–Trinajstić information content (AvgIpc) is 2.64. The Morgan fingerprint density at radius 2 is 1.46 bits per heavy atom. The Morgan fingerprint density at radius 1 is 0.917 bits per heavy atom. The van der Waals surface area contributed by atoms with Crippen LogP contribution in [0.2, 0.25) is 0 Å². The summed E-state index contributed by atoms with van der Waals surface area (Å²) in [4.78, 5) is 9.12. The number of aliphatic carboxylic acids is 1. The third-order valence-corrected chi connectivity index (χ3v) is 4.07. The number of aliphatic hydroxyl groups excluding tert-OH is 1. The summed E-state index contributed by atoms with van der Waals surface area (Å²) in [6, 6.07) is 18.6. The van der Waals surface area contributed by atoms with Gasteiger partial charge in [-0.2, -0.15) is 0 Å². The van der Waals surface area contributed by atoms with E-state index in [9.17, 15) is 0 Å². The van der Waals surface area contributed by atoms with Crippen LogP contribution in [0.5, 0.6) is 11.5 Å². The van der Waals surface area contributed by atoms with Crippen LogP contribution in [0.4, 0.5) is 0 Å². The van der Waals surface area contributed by atoms with E-state index < -0.39 is 12.6 Å². The quantitative estimate of drug-likeness (QED) is 0.861. The number of rotatable bonds is 4. The lowest BCUT2D eigenvalue weighted by atomic mass is 9.84. The summed E-state index contributed by atoms with van der Waals surface area (Å²) in [7, 11) is 0. The van der Waals surface area contributed by atoms with Gasteiger partial charge in [0.25, 0.3) is 0 Å². The van der Waals surface area contributed by atoms with Crippen molar-refractivity contribution in [2.24, 2.45) is 0 Å².